The Bertz CT molecular complexity index is 1050. The molecule has 0 saturated carbocycles. The van der Waals surface area contributed by atoms with Crippen LogP contribution in [0.25, 0.3) is 10.0 Å². The van der Waals surface area contributed by atoms with Crippen LogP contribution in [0.3, 0.4) is 0 Å². The number of benzene rings is 2. The van der Waals surface area contributed by atoms with Crippen molar-refractivity contribution in [1.82, 2.24) is 0 Å². The second-order valence-electron chi connectivity index (χ2n) is 7.87. The first-order valence-corrected chi connectivity index (χ1v) is 11.9. The topological polar surface area (TPSA) is 73.5 Å². The number of ether oxygens (including phenoxy) is 1. The number of aliphatic hydroxyl groups excluding tert-OH is 2. The van der Waals surface area contributed by atoms with Gasteiger partial charge in [0.15, 0.2) is 0 Å². The van der Waals surface area contributed by atoms with Crippen LogP contribution in [0.2, 0.25) is 0 Å². The van der Waals surface area contributed by atoms with E-state index < -0.39 is 6.10 Å². The van der Waals surface area contributed by atoms with E-state index >= 15 is 0 Å². The van der Waals surface area contributed by atoms with Crippen molar-refractivity contribution in [2.75, 3.05) is 6.61 Å². The average Bonchev–Trinajstić information content (AvgIpc) is 3.23. The zero-order valence-corrected chi connectivity index (χ0v) is 18.6. The molecule has 3 unspecified atom stereocenters. The average molecular weight is 466 g/mol. The Morgan fingerprint density at radius 1 is 1.10 bits per heavy atom. The van der Waals surface area contributed by atoms with Gasteiger partial charge in [0.2, 0.25) is 0 Å². The molecule has 0 radical (unpaired) electrons. The van der Waals surface area contributed by atoms with Crippen molar-refractivity contribution in [3.63, 3.8) is 0 Å². The van der Waals surface area contributed by atoms with Gasteiger partial charge in [-0.1, -0.05) is 0 Å². The van der Waals surface area contributed by atoms with E-state index in [2.05, 4.69) is 43.3 Å². The van der Waals surface area contributed by atoms with Gasteiger partial charge in [0.05, 0.1) is 0 Å². The Hall–Kier alpha value is -2.19. The number of aryl methyl sites for hydroxylation is 1. The molecule has 4 nitrogen and oxygen atoms in total. The molecule has 5 heteroatoms. The van der Waals surface area contributed by atoms with E-state index in [0.717, 1.165) is 12.0 Å². The first-order valence-electron chi connectivity index (χ1n) is 10.2. The molecule has 2 aromatic carbocycles. The number of aliphatic hydroxyl groups is 2. The van der Waals surface area contributed by atoms with Gasteiger partial charge in [0, 0.05) is 0 Å². The van der Waals surface area contributed by atoms with Crippen LogP contribution in [0.1, 0.15) is 45.6 Å². The van der Waals surface area contributed by atoms with E-state index in [0.29, 0.717) is 18.4 Å². The number of nitrogens with zero attached hydrogens (tertiary/aromatic N) is 1. The number of rotatable bonds is 5. The molecule has 1 saturated heterocycles. The van der Waals surface area contributed by atoms with E-state index in [1.165, 1.54) is 25.6 Å². The van der Waals surface area contributed by atoms with Crippen molar-refractivity contribution in [2.24, 2.45) is 0 Å². The Balaban J connectivity index is 1.53. The Kier molecular flexibility index (Phi) is 6.53. The molecule has 0 bridgehead atoms. The van der Waals surface area contributed by atoms with E-state index in [1.54, 1.807) is 0 Å². The van der Waals surface area contributed by atoms with Crippen LogP contribution >= 0.6 is 0 Å². The van der Waals surface area contributed by atoms with Gasteiger partial charge in [-0.2, -0.15) is 0 Å². The van der Waals surface area contributed by atoms with Crippen LogP contribution in [-0.4, -0.2) is 43.5 Å². The van der Waals surface area contributed by atoms with Gasteiger partial charge in [-0.25, -0.2) is 0 Å². The minimum absolute atomic E-state index is 0.0640. The molecule has 1 fully saturated rings. The molecule has 2 N–H and O–H groups in total. The van der Waals surface area contributed by atoms with Gasteiger partial charge in [-0.15, -0.1) is 0 Å². The molecule has 1 aromatic heterocycles. The van der Waals surface area contributed by atoms with Crippen molar-refractivity contribution >= 4 is 14.5 Å². The van der Waals surface area contributed by atoms with Gasteiger partial charge in [0.1, 0.15) is 0 Å². The predicted molar refractivity (Wildman–Crippen MR) is 117 cm³/mol. The number of hydrogen-bond acceptors (Lipinski definition) is 4. The fraction of sp³-hybridized carbons (Fsp3) is 0.320. The van der Waals surface area contributed by atoms with Crippen LogP contribution in [0, 0.1) is 18.3 Å². The molecular weight excluding hydrogens is 441 g/mol. The molecule has 3 aromatic rings. The van der Waals surface area contributed by atoms with Crippen LogP contribution < -0.4 is 0 Å². The third-order valence-electron chi connectivity index (χ3n) is 5.65. The molecule has 0 aliphatic carbocycles. The van der Waals surface area contributed by atoms with E-state index in [-0.39, 0.29) is 33.3 Å². The maximum absolute atomic E-state index is 10.1. The Morgan fingerprint density at radius 3 is 2.63 bits per heavy atom. The number of hydrogen-bond donors (Lipinski definition) is 2. The molecule has 3 atom stereocenters. The molecular formula is C25H25NO3Se. The standard InChI is InChI=1S/C25H25NO3Se/c1-16-2-5-19(24-13-21(28)12-22(15-27)29-24)10-20(16)11-23-8-9-25(30-23)18-6-3-17(14-26)4-7-18/h2-10,21-22,24,27-28H,11-13,15H2,1H3. The van der Waals surface area contributed by atoms with Gasteiger partial charge < -0.3 is 0 Å². The van der Waals surface area contributed by atoms with Crippen LogP contribution in [0.5, 0.6) is 0 Å². The number of nitriles is 1. The molecule has 154 valence electrons. The normalized spacial score (nSPS) is 21.3. The van der Waals surface area contributed by atoms with E-state index in [9.17, 15) is 10.2 Å². The summed E-state index contributed by atoms with van der Waals surface area (Å²) >= 11 is 0.260. The summed E-state index contributed by atoms with van der Waals surface area (Å²) in [6.07, 6.45) is 1.03. The van der Waals surface area contributed by atoms with Gasteiger partial charge in [-0.05, 0) is 0 Å². The molecule has 2 heterocycles. The zero-order valence-electron chi connectivity index (χ0n) is 16.9. The molecule has 1 aliphatic heterocycles. The van der Waals surface area contributed by atoms with Crippen LogP contribution in [0.15, 0.2) is 54.6 Å². The molecule has 0 amide bonds. The summed E-state index contributed by atoms with van der Waals surface area (Å²) in [6, 6.07) is 20.8. The Morgan fingerprint density at radius 2 is 1.90 bits per heavy atom. The summed E-state index contributed by atoms with van der Waals surface area (Å²) in [7, 11) is 0. The van der Waals surface area contributed by atoms with Crippen molar-refractivity contribution in [3.05, 3.63) is 81.3 Å². The van der Waals surface area contributed by atoms with Crippen molar-refractivity contribution in [3.8, 4) is 16.1 Å². The van der Waals surface area contributed by atoms with Crippen molar-refractivity contribution < 1.29 is 14.9 Å². The summed E-state index contributed by atoms with van der Waals surface area (Å²) in [5.74, 6) is 0. The minimum atomic E-state index is -0.439. The zero-order chi connectivity index (χ0) is 21.1. The second kappa shape index (κ2) is 9.30. The predicted octanol–water partition coefficient (Wildman–Crippen LogP) is 3.75. The summed E-state index contributed by atoms with van der Waals surface area (Å²) in [5, 5.41) is 28.6. The fourth-order valence-electron chi connectivity index (χ4n) is 3.93. The quantitative estimate of drug-likeness (QED) is 0.562. The molecule has 30 heavy (non-hydrogen) atoms. The first kappa shape index (κ1) is 21.1. The van der Waals surface area contributed by atoms with Gasteiger partial charge in [0.25, 0.3) is 0 Å². The monoisotopic (exact) mass is 467 g/mol. The first-order chi connectivity index (χ1) is 14.6. The maximum atomic E-state index is 10.1. The van der Waals surface area contributed by atoms with Gasteiger partial charge in [-0.3, -0.25) is 0 Å². The van der Waals surface area contributed by atoms with E-state index in [4.69, 9.17) is 10.00 Å². The summed E-state index contributed by atoms with van der Waals surface area (Å²) in [4.78, 5) is 0. The van der Waals surface area contributed by atoms with Crippen LogP contribution in [0.4, 0.5) is 0 Å². The van der Waals surface area contributed by atoms with Crippen molar-refractivity contribution in [1.29, 1.82) is 5.26 Å². The summed E-state index contributed by atoms with van der Waals surface area (Å²) in [5.41, 5.74) is 5.46. The molecule has 1 aliphatic rings. The summed E-state index contributed by atoms with van der Waals surface area (Å²) in [6.45, 7) is 2.06. The third-order valence-corrected chi connectivity index (χ3v) is 8.03. The van der Waals surface area contributed by atoms with Crippen LogP contribution in [-0.2, 0) is 11.2 Å². The molecule has 4 rings (SSSR count). The Labute approximate surface area is 183 Å². The third kappa shape index (κ3) is 4.75. The van der Waals surface area contributed by atoms with E-state index in [1.807, 2.05) is 24.3 Å². The SMILES string of the molecule is Cc1ccc(C2CC(O)CC(CO)O2)cc1Cc1ccc(-c2ccc(C#N)cc2)[se]1. The fourth-order valence-corrected chi connectivity index (χ4v) is 6.10. The molecule has 0 spiro atoms. The van der Waals surface area contributed by atoms with Gasteiger partial charge >= 0.3 is 183 Å². The summed E-state index contributed by atoms with van der Waals surface area (Å²) < 4.78 is 8.75. The van der Waals surface area contributed by atoms with Crippen molar-refractivity contribution in [2.45, 2.75) is 44.5 Å². The second-order valence-corrected chi connectivity index (χ2v) is 10.3.